The zero-order valence-electron chi connectivity index (χ0n) is 22.8. The molecule has 2 nitrogen and oxygen atoms in total. The van der Waals surface area contributed by atoms with E-state index in [1.54, 1.807) is 6.07 Å². The molecule has 0 atom stereocenters. The molecule has 0 saturated carbocycles. The average molecular weight is 519 g/mol. The first kappa shape index (κ1) is 24.6. The summed E-state index contributed by atoms with van der Waals surface area (Å²) in [7, 11) is 6.83. The molecule has 0 bridgehead atoms. The molecule has 2 aromatic heterocycles. The first-order valence-corrected chi connectivity index (χ1v) is 13.6. The van der Waals surface area contributed by atoms with Crippen molar-refractivity contribution in [2.24, 2.45) is 5.41 Å². The van der Waals surface area contributed by atoms with E-state index in [1.807, 2.05) is 66.9 Å². The lowest BCUT2D eigenvalue weighted by molar-refractivity contribution is 0.411. The second-order valence-corrected chi connectivity index (χ2v) is 11.8. The van der Waals surface area contributed by atoms with Gasteiger partial charge in [-0.3, -0.25) is 4.98 Å². The number of furan rings is 1. The van der Waals surface area contributed by atoms with Crippen LogP contribution in [0.5, 0.6) is 0 Å². The Hall–Kier alpha value is -4.44. The first-order valence-electron chi connectivity index (χ1n) is 13.6. The Morgan fingerprint density at radius 2 is 1.32 bits per heavy atom. The van der Waals surface area contributed by atoms with Gasteiger partial charge in [0, 0.05) is 22.5 Å². The highest BCUT2D eigenvalue weighted by atomic mass is 19.1. The number of hydrogen-bond acceptors (Lipinski definition) is 2. The molecule has 0 aliphatic rings. The van der Waals surface area contributed by atoms with Gasteiger partial charge in [-0.1, -0.05) is 93.0 Å². The van der Waals surface area contributed by atoms with Crippen LogP contribution in [0.3, 0.4) is 0 Å². The molecule has 0 unspecified atom stereocenters. The van der Waals surface area contributed by atoms with E-state index in [-0.39, 0.29) is 11.2 Å². The molecule has 4 heteroatoms. The molecule has 0 aliphatic carbocycles. The zero-order valence-corrected chi connectivity index (χ0v) is 22.8. The molecular weight excluding hydrogens is 492 g/mol. The quantitative estimate of drug-likeness (QED) is 0.172. The molecule has 192 valence electrons. The van der Waals surface area contributed by atoms with Gasteiger partial charge in [-0.15, -0.1) is 0 Å². The summed E-state index contributed by atoms with van der Waals surface area (Å²) in [6.07, 6.45) is 2.88. The van der Waals surface area contributed by atoms with Gasteiger partial charge in [-0.25, -0.2) is 4.39 Å². The molecule has 0 N–H and O–H groups in total. The summed E-state index contributed by atoms with van der Waals surface area (Å²) in [5, 5.41) is 5.60. The Bertz CT molecular complexity index is 2080. The molecule has 0 aliphatic heterocycles. The largest absolute Gasteiger partial charge is 0.455 e. The molecule has 0 saturated heterocycles. The summed E-state index contributed by atoms with van der Waals surface area (Å²) in [5.74, 6) is -0.370. The van der Waals surface area contributed by atoms with Crippen molar-refractivity contribution in [2.75, 3.05) is 0 Å². The minimum Gasteiger partial charge on any atom is -0.455 e. The number of rotatable bonds is 3. The van der Waals surface area contributed by atoms with E-state index in [4.69, 9.17) is 17.2 Å². The van der Waals surface area contributed by atoms with Crippen LogP contribution < -0.4 is 5.46 Å². The molecule has 5 aromatic carbocycles. The summed E-state index contributed by atoms with van der Waals surface area (Å²) in [6, 6.07) is 29.5. The summed E-state index contributed by atoms with van der Waals surface area (Å²) in [4.78, 5) is 4.79. The maximum absolute atomic E-state index is 15.9. The molecule has 7 rings (SSSR count). The van der Waals surface area contributed by atoms with Crippen LogP contribution in [0.1, 0.15) is 26.3 Å². The van der Waals surface area contributed by atoms with Gasteiger partial charge < -0.3 is 4.42 Å². The van der Waals surface area contributed by atoms with E-state index in [1.165, 1.54) is 11.6 Å². The molecular formula is C36H27BFNO. The van der Waals surface area contributed by atoms with E-state index in [2.05, 4.69) is 39.0 Å². The van der Waals surface area contributed by atoms with Crippen LogP contribution >= 0.6 is 0 Å². The molecule has 40 heavy (non-hydrogen) atoms. The SMILES string of the molecule is [B]c1c(-c2c(F)ccc3c2oc2c(-c4ccc(CC(C)(C)C)cn4)cccc23)c2ccccc2c2ccccc12. The van der Waals surface area contributed by atoms with E-state index in [0.29, 0.717) is 27.8 Å². The number of para-hydroxylation sites is 1. The summed E-state index contributed by atoms with van der Waals surface area (Å²) < 4.78 is 22.5. The van der Waals surface area contributed by atoms with Crippen molar-refractivity contribution in [3.63, 3.8) is 0 Å². The zero-order chi connectivity index (χ0) is 27.6. The van der Waals surface area contributed by atoms with Gasteiger partial charge in [-0.2, -0.15) is 0 Å². The standard InChI is InChI=1S/C36H27BFNO/c1-36(2,3)19-21-15-18-30(39-20-21)28-14-8-13-26-27-16-17-29(38)32(35(27)40-34(26)28)31-24-11-6-4-9-22(24)23-10-5-7-12-25(23)33(31)37/h4-18,20H,19H2,1-3H3. The number of nitrogens with zero attached hydrogens (tertiary/aromatic N) is 1. The number of benzene rings is 5. The highest BCUT2D eigenvalue weighted by Crippen LogP contribution is 2.43. The Morgan fingerprint density at radius 1 is 0.675 bits per heavy atom. The predicted octanol–water partition coefficient (Wildman–Crippen LogP) is 9.14. The number of aromatic nitrogens is 1. The third-order valence-electron chi connectivity index (χ3n) is 7.67. The first-order chi connectivity index (χ1) is 19.3. The highest BCUT2D eigenvalue weighted by molar-refractivity contribution is 6.46. The van der Waals surface area contributed by atoms with Gasteiger partial charge >= 0.3 is 0 Å². The fraction of sp³-hybridized carbons (Fsp3) is 0.139. The smallest absolute Gasteiger partial charge is 0.146 e. The van der Waals surface area contributed by atoms with Crippen LogP contribution in [0.2, 0.25) is 0 Å². The fourth-order valence-corrected chi connectivity index (χ4v) is 6.01. The Labute approximate surface area is 233 Å². The fourth-order valence-electron chi connectivity index (χ4n) is 6.01. The van der Waals surface area contributed by atoms with Gasteiger partial charge in [0.05, 0.1) is 11.3 Å². The molecule has 0 spiro atoms. The van der Waals surface area contributed by atoms with Gasteiger partial charge in [0.2, 0.25) is 0 Å². The predicted molar refractivity (Wildman–Crippen MR) is 166 cm³/mol. The molecule has 0 fully saturated rings. The summed E-state index contributed by atoms with van der Waals surface area (Å²) in [6.45, 7) is 6.66. The lowest BCUT2D eigenvalue weighted by atomic mass is 9.79. The molecule has 2 heterocycles. The monoisotopic (exact) mass is 519 g/mol. The van der Waals surface area contributed by atoms with Crippen molar-refractivity contribution in [2.45, 2.75) is 27.2 Å². The average Bonchev–Trinajstić information content (AvgIpc) is 3.33. The van der Waals surface area contributed by atoms with Crippen molar-refractivity contribution < 1.29 is 8.81 Å². The van der Waals surface area contributed by atoms with Crippen LogP contribution in [0.15, 0.2) is 102 Å². The van der Waals surface area contributed by atoms with Crippen LogP contribution in [-0.2, 0) is 6.42 Å². The van der Waals surface area contributed by atoms with E-state index in [9.17, 15) is 0 Å². The Kier molecular flexibility index (Phi) is 5.57. The highest BCUT2D eigenvalue weighted by Gasteiger charge is 2.23. The second kappa shape index (κ2) is 9.06. The minimum atomic E-state index is -0.370. The van der Waals surface area contributed by atoms with Crippen LogP contribution in [-0.4, -0.2) is 12.8 Å². The van der Waals surface area contributed by atoms with Crippen LogP contribution in [0.4, 0.5) is 4.39 Å². The van der Waals surface area contributed by atoms with Crippen molar-refractivity contribution in [1.82, 2.24) is 4.98 Å². The van der Waals surface area contributed by atoms with Crippen molar-refractivity contribution in [3.8, 4) is 22.4 Å². The van der Waals surface area contributed by atoms with Crippen molar-refractivity contribution in [1.29, 1.82) is 0 Å². The van der Waals surface area contributed by atoms with Gasteiger partial charge in [0.25, 0.3) is 0 Å². The number of hydrogen-bond donors (Lipinski definition) is 0. The van der Waals surface area contributed by atoms with Gasteiger partial charge in [0.15, 0.2) is 0 Å². The third-order valence-corrected chi connectivity index (χ3v) is 7.67. The number of halogens is 1. The van der Waals surface area contributed by atoms with Crippen molar-refractivity contribution >= 4 is 56.8 Å². The van der Waals surface area contributed by atoms with Crippen LogP contribution in [0.25, 0.3) is 65.9 Å². The topological polar surface area (TPSA) is 26.0 Å². The lowest BCUT2D eigenvalue weighted by Crippen LogP contribution is -2.10. The lowest BCUT2D eigenvalue weighted by Gasteiger charge is -2.17. The normalized spacial score (nSPS) is 12.2. The van der Waals surface area contributed by atoms with E-state index in [0.717, 1.165) is 50.0 Å². The Morgan fingerprint density at radius 3 is 2.02 bits per heavy atom. The van der Waals surface area contributed by atoms with Crippen molar-refractivity contribution in [3.05, 3.63) is 109 Å². The molecule has 0 amide bonds. The molecule has 2 radical (unpaired) electrons. The summed E-state index contributed by atoms with van der Waals surface area (Å²) in [5.41, 5.74) is 5.81. The Balaban J connectivity index is 1.50. The van der Waals surface area contributed by atoms with E-state index < -0.39 is 0 Å². The van der Waals surface area contributed by atoms with Gasteiger partial charge in [-0.05, 0) is 68.8 Å². The minimum absolute atomic E-state index is 0.178. The van der Waals surface area contributed by atoms with E-state index >= 15 is 4.39 Å². The second-order valence-electron chi connectivity index (χ2n) is 11.8. The number of pyridine rings is 1. The maximum Gasteiger partial charge on any atom is 0.146 e. The van der Waals surface area contributed by atoms with Crippen LogP contribution in [0, 0.1) is 11.2 Å². The van der Waals surface area contributed by atoms with Gasteiger partial charge in [0.1, 0.15) is 24.8 Å². The third kappa shape index (κ3) is 3.90. The molecule has 7 aromatic rings. The maximum atomic E-state index is 15.9. The number of fused-ring (bicyclic) bond motifs is 6. The summed E-state index contributed by atoms with van der Waals surface area (Å²) >= 11 is 0.